The molecule has 0 bridgehead atoms. The van der Waals surface area contributed by atoms with E-state index >= 15 is 0 Å². The standard InChI is InChI=1S/C61H102O6/c1-4-7-10-13-16-19-22-25-28-30-33-36-39-42-45-48-51-54-60(63)66-57-58(56-65-59(62)53-50-47-44-41-38-35-32-27-24-21-18-15-12-9-6-3)67-61(64)55-52-49-46-43-40-37-34-31-29-26-23-20-17-14-11-8-5-2/h7,10,16-17,19-21,24-26,28-29,33-34,36-37,58H,4-6,8-9,11-15,18,22-23,27,30-32,35,38-57H2,1-3H3/b10-7-,19-16-,20-17-,24-21-,28-25-,29-26-,36-33-,37-34-/t58-/m0/s1. The van der Waals surface area contributed by atoms with E-state index in [2.05, 4.69) is 118 Å². The van der Waals surface area contributed by atoms with Crippen LogP contribution >= 0.6 is 0 Å². The van der Waals surface area contributed by atoms with Crippen molar-refractivity contribution in [3.05, 3.63) is 97.2 Å². The Morgan fingerprint density at radius 2 is 0.582 bits per heavy atom. The fourth-order valence-electron chi connectivity index (χ4n) is 7.37. The number of unbranched alkanes of at least 4 members (excludes halogenated alkanes) is 22. The van der Waals surface area contributed by atoms with Gasteiger partial charge in [-0.3, -0.25) is 14.4 Å². The van der Waals surface area contributed by atoms with Crippen LogP contribution in [0.5, 0.6) is 0 Å². The quantitative estimate of drug-likeness (QED) is 0.0262. The zero-order valence-electron chi connectivity index (χ0n) is 43.6. The van der Waals surface area contributed by atoms with E-state index in [4.69, 9.17) is 14.2 Å². The van der Waals surface area contributed by atoms with E-state index in [-0.39, 0.29) is 31.1 Å². The highest BCUT2D eigenvalue weighted by Gasteiger charge is 2.19. The van der Waals surface area contributed by atoms with Gasteiger partial charge in [-0.1, -0.05) is 208 Å². The Kier molecular flexibility index (Phi) is 51.9. The third-order valence-electron chi connectivity index (χ3n) is 11.5. The molecule has 0 aromatic heterocycles. The fraction of sp³-hybridized carbons (Fsp3) is 0.689. The molecular weight excluding hydrogens is 829 g/mol. The Balaban J connectivity index is 4.49. The molecule has 0 heterocycles. The SMILES string of the molecule is CC/C=C\C/C=C\C/C=C\C/C=C\CCCCCCC(=O)OC[C@H](COC(=O)CCCCCCCCC/C=C\CCCCCC)OC(=O)CCCCCC/C=C\C/C=C\C/C=C\CCCCC. The van der Waals surface area contributed by atoms with Gasteiger partial charge in [0.2, 0.25) is 0 Å². The smallest absolute Gasteiger partial charge is 0.306 e. The lowest BCUT2D eigenvalue weighted by Gasteiger charge is -2.18. The topological polar surface area (TPSA) is 78.9 Å². The molecule has 0 saturated heterocycles. The van der Waals surface area contributed by atoms with Crippen molar-refractivity contribution in [3.63, 3.8) is 0 Å². The van der Waals surface area contributed by atoms with Crippen LogP contribution in [0.25, 0.3) is 0 Å². The van der Waals surface area contributed by atoms with Gasteiger partial charge in [0.25, 0.3) is 0 Å². The maximum Gasteiger partial charge on any atom is 0.306 e. The van der Waals surface area contributed by atoms with Crippen LogP contribution in [0.4, 0.5) is 0 Å². The molecule has 0 aromatic carbocycles. The second-order valence-corrected chi connectivity index (χ2v) is 18.1. The van der Waals surface area contributed by atoms with Crippen molar-refractivity contribution in [3.8, 4) is 0 Å². The minimum absolute atomic E-state index is 0.0976. The minimum atomic E-state index is -0.802. The van der Waals surface area contributed by atoms with Gasteiger partial charge in [-0.2, -0.15) is 0 Å². The summed E-state index contributed by atoms with van der Waals surface area (Å²) in [5, 5.41) is 0. The molecule has 6 heteroatoms. The lowest BCUT2D eigenvalue weighted by atomic mass is 10.1. The summed E-state index contributed by atoms with van der Waals surface area (Å²) in [6.45, 7) is 6.44. The van der Waals surface area contributed by atoms with Gasteiger partial charge in [-0.15, -0.1) is 0 Å². The molecule has 0 aliphatic rings. The highest BCUT2D eigenvalue weighted by atomic mass is 16.6. The van der Waals surface area contributed by atoms with Crippen LogP contribution < -0.4 is 0 Å². The summed E-state index contributed by atoms with van der Waals surface area (Å²) in [6, 6.07) is 0. The van der Waals surface area contributed by atoms with E-state index in [1.54, 1.807) is 0 Å². The molecule has 0 aromatic rings. The molecule has 1 atom stereocenters. The predicted octanol–water partition coefficient (Wildman–Crippen LogP) is 18.5. The molecule has 0 radical (unpaired) electrons. The van der Waals surface area contributed by atoms with Gasteiger partial charge in [0, 0.05) is 19.3 Å². The molecule has 6 nitrogen and oxygen atoms in total. The van der Waals surface area contributed by atoms with Gasteiger partial charge < -0.3 is 14.2 Å². The third-order valence-corrected chi connectivity index (χ3v) is 11.5. The summed E-state index contributed by atoms with van der Waals surface area (Å²) in [5.41, 5.74) is 0. The maximum atomic E-state index is 12.8. The first-order valence-corrected chi connectivity index (χ1v) is 27.7. The zero-order chi connectivity index (χ0) is 48.6. The summed E-state index contributed by atoms with van der Waals surface area (Å²) >= 11 is 0. The number of carbonyl (C=O) groups excluding carboxylic acids is 3. The van der Waals surface area contributed by atoms with Crippen LogP contribution in [0.3, 0.4) is 0 Å². The average molecular weight is 931 g/mol. The molecule has 67 heavy (non-hydrogen) atoms. The van der Waals surface area contributed by atoms with E-state index in [0.29, 0.717) is 19.3 Å². The minimum Gasteiger partial charge on any atom is -0.462 e. The molecule has 0 unspecified atom stereocenters. The number of hydrogen-bond acceptors (Lipinski definition) is 6. The summed E-state index contributed by atoms with van der Waals surface area (Å²) < 4.78 is 16.8. The molecule has 0 saturated carbocycles. The maximum absolute atomic E-state index is 12.8. The van der Waals surface area contributed by atoms with Crippen molar-refractivity contribution in [1.29, 1.82) is 0 Å². The molecule has 0 fully saturated rings. The van der Waals surface area contributed by atoms with Gasteiger partial charge in [-0.25, -0.2) is 0 Å². The number of rotatable bonds is 49. The lowest BCUT2D eigenvalue weighted by Crippen LogP contribution is -2.30. The van der Waals surface area contributed by atoms with E-state index < -0.39 is 6.10 Å². The predicted molar refractivity (Wildman–Crippen MR) is 288 cm³/mol. The van der Waals surface area contributed by atoms with Crippen molar-refractivity contribution >= 4 is 17.9 Å². The Hall–Kier alpha value is -3.67. The van der Waals surface area contributed by atoms with Crippen molar-refractivity contribution in [2.45, 2.75) is 258 Å². The molecule has 0 spiro atoms. The Bertz CT molecular complexity index is 1350. The fourth-order valence-corrected chi connectivity index (χ4v) is 7.37. The molecule has 0 aliphatic heterocycles. The zero-order valence-corrected chi connectivity index (χ0v) is 43.6. The van der Waals surface area contributed by atoms with Crippen LogP contribution in [0.1, 0.15) is 252 Å². The Morgan fingerprint density at radius 3 is 0.955 bits per heavy atom. The highest BCUT2D eigenvalue weighted by molar-refractivity contribution is 5.71. The summed E-state index contributed by atoms with van der Waals surface area (Å²) in [4.78, 5) is 38.1. The van der Waals surface area contributed by atoms with Gasteiger partial charge in [0.15, 0.2) is 6.10 Å². The van der Waals surface area contributed by atoms with Crippen molar-refractivity contribution in [2.75, 3.05) is 13.2 Å². The Labute approximate surface area is 413 Å². The lowest BCUT2D eigenvalue weighted by molar-refractivity contribution is -0.167. The normalized spacial score (nSPS) is 12.8. The summed E-state index contributed by atoms with van der Waals surface area (Å²) in [6.07, 6.45) is 72.4. The average Bonchev–Trinajstić information content (AvgIpc) is 3.33. The molecule has 0 aliphatic carbocycles. The number of ether oxygens (including phenoxy) is 3. The number of esters is 3. The van der Waals surface area contributed by atoms with Crippen LogP contribution in [0, 0.1) is 0 Å². The monoisotopic (exact) mass is 931 g/mol. The van der Waals surface area contributed by atoms with E-state index in [1.165, 1.54) is 89.9 Å². The second kappa shape index (κ2) is 54.9. The third kappa shape index (κ3) is 53.2. The molecule has 0 rings (SSSR count). The first-order chi connectivity index (χ1) is 33.0. The van der Waals surface area contributed by atoms with Gasteiger partial charge in [0.05, 0.1) is 0 Å². The highest BCUT2D eigenvalue weighted by Crippen LogP contribution is 2.14. The second-order valence-electron chi connectivity index (χ2n) is 18.1. The van der Waals surface area contributed by atoms with E-state index in [9.17, 15) is 14.4 Å². The Morgan fingerprint density at radius 1 is 0.313 bits per heavy atom. The molecule has 382 valence electrons. The van der Waals surface area contributed by atoms with Crippen LogP contribution in [-0.4, -0.2) is 37.2 Å². The summed E-state index contributed by atoms with van der Waals surface area (Å²) in [5.74, 6) is -0.947. The van der Waals surface area contributed by atoms with Crippen molar-refractivity contribution in [2.24, 2.45) is 0 Å². The number of allylic oxidation sites excluding steroid dienone is 16. The van der Waals surface area contributed by atoms with Crippen LogP contribution in [0.2, 0.25) is 0 Å². The first-order valence-electron chi connectivity index (χ1n) is 27.7. The van der Waals surface area contributed by atoms with Crippen molar-refractivity contribution < 1.29 is 28.6 Å². The molecular formula is C61H102O6. The molecule has 0 amide bonds. The number of hydrogen-bond donors (Lipinski definition) is 0. The van der Waals surface area contributed by atoms with Gasteiger partial charge >= 0.3 is 17.9 Å². The number of carbonyl (C=O) groups is 3. The largest absolute Gasteiger partial charge is 0.462 e. The van der Waals surface area contributed by atoms with Gasteiger partial charge in [0.1, 0.15) is 13.2 Å². The first kappa shape index (κ1) is 63.3. The van der Waals surface area contributed by atoms with E-state index in [0.717, 1.165) is 122 Å². The summed E-state index contributed by atoms with van der Waals surface area (Å²) in [7, 11) is 0. The van der Waals surface area contributed by atoms with E-state index in [1.807, 2.05) is 0 Å². The van der Waals surface area contributed by atoms with Crippen LogP contribution in [-0.2, 0) is 28.6 Å². The van der Waals surface area contributed by atoms with Gasteiger partial charge in [-0.05, 0) is 122 Å². The molecule has 0 N–H and O–H groups in total. The van der Waals surface area contributed by atoms with Crippen molar-refractivity contribution in [1.82, 2.24) is 0 Å². The van der Waals surface area contributed by atoms with Crippen LogP contribution in [0.15, 0.2) is 97.2 Å².